The van der Waals surface area contributed by atoms with E-state index in [9.17, 15) is 4.79 Å². The summed E-state index contributed by atoms with van der Waals surface area (Å²) in [6.07, 6.45) is 0. The molecule has 0 bridgehead atoms. The van der Waals surface area contributed by atoms with Crippen LogP contribution in [0.3, 0.4) is 0 Å². The first-order chi connectivity index (χ1) is 9.19. The molecule has 0 amide bonds. The summed E-state index contributed by atoms with van der Waals surface area (Å²) < 4.78 is 9.90. The third-order valence-electron chi connectivity index (χ3n) is 2.68. The Balaban J connectivity index is 2.00. The van der Waals surface area contributed by atoms with E-state index in [2.05, 4.69) is 9.89 Å². The molecule has 0 spiro atoms. The highest BCUT2D eigenvalue weighted by Crippen LogP contribution is 2.20. The van der Waals surface area contributed by atoms with Crippen molar-refractivity contribution in [2.75, 3.05) is 20.7 Å². The van der Waals surface area contributed by atoms with Gasteiger partial charge in [0.1, 0.15) is 0 Å². The molecule has 1 aromatic carbocycles. The second kappa shape index (κ2) is 6.15. The van der Waals surface area contributed by atoms with E-state index in [1.165, 1.54) is 7.11 Å². The van der Waals surface area contributed by atoms with Crippen LogP contribution in [0.15, 0.2) is 40.9 Å². The molecule has 0 radical (unpaired) electrons. The van der Waals surface area contributed by atoms with Crippen LogP contribution in [0.5, 0.6) is 0 Å². The van der Waals surface area contributed by atoms with E-state index in [-0.39, 0.29) is 12.5 Å². The molecule has 2 aromatic rings. The topological polar surface area (TPSA) is 55.6 Å². The predicted octanol–water partition coefficient (Wildman–Crippen LogP) is 1.95. The third-order valence-corrected chi connectivity index (χ3v) is 2.68. The van der Waals surface area contributed by atoms with Gasteiger partial charge in [-0.05, 0) is 7.05 Å². The third kappa shape index (κ3) is 3.66. The van der Waals surface area contributed by atoms with Crippen molar-refractivity contribution >= 4 is 5.97 Å². The van der Waals surface area contributed by atoms with Crippen molar-refractivity contribution in [3.05, 3.63) is 42.1 Å². The first-order valence-corrected chi connectivity index (χ1v) is 5.95. The molecular formula is C14H16N2O3. The van der Waals surface area contributed by atoms with Gasteiger partial charge in [-0.2, -0.15) is 0 Å². The smallest absolute Gasteiger partial charge is 0.319 e. The summed E-state index contributed by atoms with van der Waals surface area (Å²) in [4.78, 5) is 12.9. The maximum Gasteiger partial charge on any atom is 0.319 e. The number of hydrogen-bond donors (Lipinski definition) is 0. The lowest BCUT2D eigenvalue weighted by Gasteiger charge is -2.12. The zero-order valence-electron chi connectivity index (χ0n) is 11.0. The van der Waals surface area contributed by atoms with E-state index in [0.717, 1.165) is 17.0 Å². The average Bonchev–Trinajstić information content (AvgIpc) is 2.88. The van der Waals surface area contributed by atoms with E-state index >= 15 is 0 Å². The molecule has 0 fully saturated rings. The molecule has 1 heterocycles. The number of nitrogens with zero attached hydrogens (tertiary/aromatic N) is 2. The summed E-state index contributed by atoms with van der Waals surface area (Å²) in [5.74, 6) is 0.455. The van der Waals surface area contributed by atoms with Crippen LogP contribution in [-0.4, -0.2) is 36.7 Å². The summed E-state index contributed by atoms with van der Waals surface area (Å²) in [6.45, 7) is 0.759. The Morgan fingerprint density at radius 3 is 2.79 bits per heavy atom. The number of hydrogen-bond acceptors (Lipinski definition) is 5. The van der Waals surface area contributed by atoms with Gasteiger partial charge in [0.05, 0.1) is 19.3 Å². The number of aromatic nitrogens is 1. The molecule has 1 aromatic heterocycles. The van der Waals surface area contributed by atoms with Crippen LogP contribution < -0.4 is 0 Å². The minimum Gasteiger partial charge on any atom is -0.468 e. The van der Waals surface area contributed by atoms with Gasteiger partial charge >= 0.3 is 5.97 Å². The van der Waals surface area contributed by atoms with E-state index in [4.69, 9.17) is 4.52 Å². The van der Waals surface area contributed by atoms with Gasteiger partial charge in [-0.25, -0.2) is 0 Å². The highest BCUT2D eigenvalue weighted by Gasteiger charge is 2.11. The fourth-order valence-corrected chi connectivity index (χ4v) is 1.74. The van der Waals surface area contributed by atoms with E-state index in [1.807, 2.05) is 48.3 Å². The van der Waals surface area contributed by atoms with Crippen LogP contribution in [-0.2, 0) is 16.1 Å². The molecule has 5 heteroatoms. The van der Waals surface area contributed by atoms with Crippen molar-refractivity contribution in [3.8, 4) is 11.3 Å². The predicted molar refractivity (Wildman–Crippen MR) is 70.3 cm³/mol. The van der Waals surface area contributed by atoms with Gasteiger partial charge in [-0.3, -0.25) is 9.69 Å². The molecule has 0 saturated heterocycles. The van der Waals surface area contributed by atoms with Crippen molar-refractivity contribution in [1.82, 2.24) is 10.1 Å². The molecule has 100 valence electrons. The number of methoxy groups -OCH3 is 1. The number of esters is 1. The Bertz CT molecular complexity index is 537. The lowest BCUT2D eigenvalue weighted by Crippen LogP contribution is -2.26. The second-order valence-corrected chi connectivity index (χ2v) is 4.30. The van der Waals surface area contributed by atoms with Gasteiger partial charge in [-0.15, -0.1) is 0 Å². The first-order valence-electron chi connectivity index (χ1n) is 5.95. The maximum atomic E-state index is 11.1. The number of benzene rings is 1. The monoisotopic (exact) mass is 260 g/mol. The van der Waals surface area contributed by atoms with Crippen LogP contribution in [0.1, 0.15) is 5.69 Å². The van der Waals surface area contributed by atoms with Gasteiger partial charge in [0, 0.05) is 18.2 Å². The summed E-state index contributed by atoms with van der Waals surface area (Å²) in [5.41, 5.74) is 1.77. The molecule has 0 aliphatic heterocycles. The summed E-state index contributed by atoms with van der Waals surface area (Å²) in [5, 5.41) is 4.00. The molecule has 5 nitrogen and oxygen atoms in total. The highest BCUT2D eigenvalue weighted by molar-refractivity contribution is 5.71. The second-order valence-electron chi connectivity index (χ2n) is 4.30. The molecule has 2 rings (SSSR count). The molecule has 19 heavy (non-hydrogen) atoms. The Labute approximate surface area is 111 Å². The fraction of sp³-hybridized carbons (Fsp3) is 0.286. The largest absolute Gasteiger partial charge is 0.468 e. The SMILES string of the molecule is COC(=O)CN(C)Cc1cc(-c2ccccc2)on1. The van der Waals surface area contributed by atoms with Gasteiger partial charge in [0.15, 0.2) is 5.76 Å². The summed E-state index contributed by atoms with van der Waals surface area (Å²) >= 11 is 0. The summed E-state index contributed by atoms with van der Waals surface area (Å²) in [6, 6.07) is 11.6. The van der Waals surface area contributed by atoms with Crippen LogP contribution in [0.2, 0.25) is 0 Å². The number of likely N-dealkylation sites (N-methyl/N-ethyl adjacent to an activating group) is 1. The Kier molecular flexibility index (Phi) is 4.30. The van der Waals surface area contributed by atoms with Gasteiger partial charge < -0.3 is 9.26 Å². The number of ether oxygens (including phenoxy) is 1. The van der Waals surface area contributed by atoms with Crippen molar-refractivity contribution < 1.29 is 14.1 Å². The van der Waals surface area contributed by atoms with Crippen LogP contribution >= 0.6 is 0 Å². The highest BCUT2D eigenvalue weighted by atomic mass is 16.5. The van der Waals surface area contributed by atoms with E-state index in [0.29, 0.717) is 6.54 Å². The van der Waals surface area contributed by atoms with E-state index in [1.54, 1.807) is 0 Å². The van der Waals surface area contributed by atoms with Crippen molar-refractivity contribution in [2.24, 2.45) is 0 Å². The van der Waals surface area contributed by atoms with Crippen molar-refractivity contribution in [3.63, 3.8) is 0 Å². The zero-order valence-corrected chi connectivity index (χ0v) is 11.0. The van der Waals surface area contributed by atoms with Crippen molar-refractivity contribution in [1.29, 1.82) is 0 Å². The standard InChI is InChI=1S/C14H16N2O3/c1-16(10-14(17)18-2)9-12-8-13(19-15-12)11-6-4-3-5-7-11/h3-8H,9-10H2,1-2H3. The average molecular weight is 260 g/mol. The quantitative estimate of drug-likeness (QED) is 0.769. The molecule has 0 atom stereocenters. The lowest BCUT2D eigenvalue weighted by atomic mass is 10.1. The number of carbonyl (C=O) groups is 1. The first kappa shape index (κ1) is 13.3. The normalized spacial score (nSPS) is 10.7. The summed E-state index contributed by atoms with van der Waals surface area (Å²) in [7, 11) is 3.20. The minimum absolute atomic E-state index is 0.226. The van der Waals surface area contributed by atoms with Crippen molar-refractivity contribution in [2.45, 2.75) is 6.54 Å². The maximum absolute atomic E-state index is 11.1. The van der Waals surface area contributed by atoms with E-state index < -0.39 is 0 Å². The van der Waals surface area contributed by atoms with Crippen LogP contribution in [0.4, 0.5) is 0 Å². The van der Waals surface area contributed by atoms with Gasteiger partial charge in [-0.1, -0.05) is 35.5 Å². The Hall–Kier alpha value is -2.14. The van der Waals surface area contributed by atoms with Crippen LogP contribution in [0, 0.1) is 0 Å². The lowest BCUT2D eigenvalue weighted by molar-refractivity contribution is -0.141. The minimum atomic E-state index is -0.269. The molecule has 0 N–H and O–H groups in total. The zero-order chi connectivity index (χ0) is 13.7. The fourth-order valence-electron chi connectivity index (χ4n) is 1.74. The Morgan fingerprint density at radius 2 is 2.11 bits per heavy atom. The van der Waals surface area contributed by atoms with Crippen LogP contribution in [0.25, 0.3) is 11.3 Å². The number of carbonyl (C=O) groups excluding carboxylic acids is 1. The molecule has 0 unspecified atom stereocenters. The Morgan fingerprint density at radius 1 is 1.37 bits per heavy atom. The van der Waals surface area contributed by atoms with Gasteiger partial charge in [0.25, 0.3) is 0 Å². The number of rotatable bonds is 5. The molecule has 0 aliphatic carbocycles. The molecule has 0 aliphatic rings. The van der Waals surface area contributed by atoms with Gasteiger partial charge in [0.2, 0.25) is 0 Å². The molecular weight excluding hydrogens is 244 g/mol. The molecule has 0 saturated carbocycles.